The number of hydrogen-bond donors (Lipinski definition) is 1. The summed E-state index contributed by atoms with van der Waals surface area (Å²) in [6.45, 7) is 3.41. The molecule has 1 saturated heterocycles. The summed E-state index contributed by atoms with van der Waals surface area (Å²) < 4.78 is 5.25. The predicted molar refractivity (Wildman–Crippen MR) is 77.5 cm³/mol. The Labute approximate surface area is 125 Å². The summed E-state index contributed by atoms with van der Waals surface area (Å²) in [5.74, 6) is 2.13. The standard InChI is InChI=1S/C15H24N4O2/c1-10-17-14(21-18-10)11-5-7-19(8-6-11)15(20)12-3-2-4-13(16)9-12/h11-13H,2-9,16H2,1H3/t12-,13+/m1/s1. The molecular formula is C15H24N4O2. The normalized spacial score (nSPS) is 27.8. The summed E-state index contributed by atoms with van der Waals surface area (Å²) in [4.78, 5) is 18.9. The molecule has 0 aromatic carbocycles. The van der Waals surface area contributed by atoms with Gasteiger partial charge in [-0.1, -0.05) is 11.6 Å². The summed E-state index contributed by atoms with van der Waals surface area (Å²) in [6, 6.07) is 0.201. The van der Waals surface area contributed by atoms with Crippen LogP contribution in [0.15, 0.2) is 4.52 Å². The molecule has 1 aromatic heterocycles. The number of rotatable bonds is 2. The lowest BCUT2D eigenvalue weighted by Gasteiger charge is -2.35. The Hall–Kier alpha value is -1.43. The minimum absolute atomic E-state index is 0.135. The van der Waals surface area contributed by atoms with Gasteiger partial charge in [0.05, 0.1) is 0 Å². The van der Waals surface area contributed by atoms with E-state index >= 15 is 0 Å². The highest BCUT2D eigenvalue weighted by Crippen LogP contribution is 2.30. The Bertz CT molecular complexity index is 494. The first kappa shape index (κ1) is 14.5. The second kappa shape index (κ2) is 6.13. The number of hydrogen-bond acceptors (Lipinski definition) is 5. The van der Waals surface area contributed by atoms with Crippen LogP contribution in [-0.2, 0) is 4.79 Å². The van der Waals surface area contributed by atoms with Gasteiger partial charge in [0.2, 0.25) is 11.8 Å². The molecule has 2 aliphatic rings. The van der Waals surface area contributed by atoms with Crippen molar-refractivity contribution in [2.45, 2.75) is 57.4 Å². The second-order valence-electron chi connectivity index (χ2n) is 6.40. The van der Waals surface area contributed by atoms with Gasteiger partial charge >= 0.3 is 0 Å². The molecular weight excluding hydrogens is 268 g/mol. The van der Waals surface area contributed by atoms with Crippen LogP contribution in [-0.4, -0.2) is 40.1 Å². The summed E-state index contributed by atoms with van der Waals surface area (Å²) in [5.41, 5.74) is 5.99. The third-order valence-corrected chi connectivity index (χ3v) is 4.76. The molecule has 2 fully saturated rings. The van der Waals surface area contributed by atoms with Crippen LogP contribution in [0.25, 0.3) is 0 Å². The Morgan fingerprint density at radius 3 is 2.67 bits per heavy atom. The van der Waals surface area contributed by atoms with Crippen LogP contribution in [0.4, 0.5) is 0 Å². The second-order valence-corrected chi connectivity index (χ2v) is 6.40. The molecule has 116 valence electrons. The molecule has 2 heterocycles. The van der Waals surface area contributed by atoms with Gasteiger partial charge in [-0.05, 0) is 39.0 Å². The van der Waals surface area contributed by atoms with Gasteiger partial charge in [0, 0.05) is 31.0 Å². The van der Waals surface area contributed by atoms with E-state index in [0.29, 0.717) is 17.6 Å². The maximum absolute atomic E-state index is 12.6. The number of amides is 1. The quantitative estimate of drug-likeness (QED) is 0.895. The van der Waals surface area contributed by atoms with Gasteiger partial charge in [0.25, 0.3) is 0 Å². The maximum Gasteiger partial charge on any atom is 0.229 e. The summed E-state index contributed by atoms with van der Waals surface area (Å²) in [6.07, 6.45) is 5.80. The van der Waals surface area contributed by atoms with Crippen LogP contribution >= 0.6 is 0 Å². The topological polar surface area (TPSA) is 85.2 Å². The lowest BCUT2D eigenvalue weighted by atomic mass is 9.84. The molecule has 0 bridgehead atoms. The lowest BCUT2D eigenvalue weighted by molar-refractivity contribution is -0.137. The zero-order chi connectivity index (χ0) is 14.8. The summed E-state index contributed by atoms with van der Waals surface area (Å²) in [5, 5.41) is 3.85. The molecule has 3 rings (SSSR count). The molecule has 0 spiro atoms. The summed E-state index contributed by atoms with van der Waals surface area (Å²) in [7, 11) is 0. The molecule has 0 radical (unpaired) electrons. The highest BCUT2D eigenvalue weighted by atomic mass is 16.5. The number of nitrogens with zero attached hydrogens (tertiary/aromatic N) is 3. The fourth-order valence-electron chi connectivity index (χ4n) is 3.54. The van der Waals surface area contributed by atoms with Crippen molar-refractivity contribution in [2.75, 3.05) is 13.1 Å². The summed E-state index contributed by atoms with van der Waals surface area (Å²) >= 11 is 0. The Morgan fingerprint density at radius 2 is 2.05 bits per heavy atom. The van der Waals surface area contributed by atoms with Crippen molar-refractivity contribution in [3.05, 3.63) is 11.7 Å². The highest BCUT2D eigenvalue weighted by molar-refractivity contribution is 5.79. The molecule has 1 saturated carbocycles. The fraction of sp³-hybridized carbons (Fsp3) is 0.800. The van der Waals surface area contributed by atoms with E-state index in [2.05, 4.69) is 10.1 Å². The molecule has 1 amide bonds. The van der Waals surface area contributed by atoms with Gasteiger partial charge < -0.3 is 15.2 Å². The largest absolute Gasteiger partial charge is 0.342 e. The van der Waals surface area contributed by atoms with Crippen LogP contribution in [0, 0.1) is 12.8 Å². The van der Waals surface area contributed by atoms with E-state index in [1.165, 1.54) is 0 Å². The lowest BCUT2D eigenvalue weighted by Crippen LogP contribution is -2.44. The smallest absolute Gasteiger partial charge is 0.229 e. The van der Waals surface area contributed by atoms with E-state index in [-0.39, 0.29) is 12.0 Å². The SMILES string of the molecule is Cc1noc(C2CCN(C(=O)[C@@H]3CCC[C@H](N)C3)CC2)n1. The van der Waals surface area contributed by atoms with E-state index in [0.717, 1.165) is 57.5 Å². The van der Waals surface area contributed by atoms with Gasteiger partial charge in [-0.3, -0.25) is 4.79 Å². The maximum atomic E-state index is 12.6. The number of piperidine rings is 1. The third-order valence-electron chi connectivity index (χ3n) is 4.76. The molecule has 6 nitrogen and oxygen atoms in total. The van der Waals surface area contributed by atoms with Crippen LogP contribution in [0.5, 0.6) is 0 Å². The highest BCUT2D eigenvalue weighted by Gasteiger charge is 2.32. The average molecular weight is 292 g/mol. The van der Waals surface area contributed by atoms with Crippen molar-refractivity contribution in [1.29, 1.82) is 0 Å². The Balaban J connectivity index is 1.54. The van der Waals surface area contributed by atoms with Gasteiger partial charge in [-0.2, -0.15) is 4.98 Å². The van der Waals surface area contributed by atoms with E-state index < -0.39 is 0 Å². The fourth-order valence-corrected chi connectivity index (χ4v) is 3.54. The average Bonchev–Trinajstić information content (AvgIpc) is 2.93. The molecule has 21 heavy (non-hydrogen) atoms. The number of aromatic nitrogens is 2. The first-order valence-corrected chi connectivity index (χ1v) is 7.98. The van der Waals surface area contributed by atoms with E-state index in [1.807, 2.05) is 11.8 Å². The van der Waals surface area contributed by atoms with Crippen LogP contribution in [0.2, 0.25) is 0 Å². The third kappa shape index (κ3) is 3.26. The Morgan fingerprint density at radius 1 is 1.29 bits per heavy atom. The van der Waals surface area contributed by atoms with Gasteiger partial charge in [0.15, 0.2) is 5.82 Å². The first-order valence-electron chi connectivity index (χ1n) is 7.98. The van der Waals surface area contributed by atoms with E-state index in [1.54, 1.807) is 0 Å². The monoisotopic (exact) mass is 292 g/mol. The van der Waals surface area contributed by atoms with Gasteiger partial charge in [-0.15, -0.1) is 0 Å². The number of likely N-dealkylation sites (tertiary alicyclic amines) is 1. The predicted octanol–water partition coefficient (Wildman–Crippen LogP) is 1.60. The van der Waals surface area contributed by atoms with Crippen LogP contribution in [0.1, 0.15) is 56.2 Å². The van der Waals surface area contributed by atoms with Gasteiger partial charge in [-0.25, -0.2) is 0 Å². The molecule has 2 N–H and O–H groups in total. The van der Waals surface area contributed by atoms with Crippen molar-refractivity contribution in [3.63, 3.8) is 0 Å². The van der Waals surface area contributed by atoms with Crippen molar-refractivity contribution < 1.29 is 9.32 Å². The number of aryl methyl sites for hydroxylation is 1. The molecule has 0 unspecified atom stereocenters. The molecule has 1 aliphatic heterocycles. The van der Waals surface area contributed by atoms with Crippen LogP contribution < -0.4 is 5.73 Å². The number of nitrogens with two attached hydrogens (primary N) is 1. The van der Waals surface area contributed by atoms with E-state index in [9.17, 15) is 4.79 Å². The van der Waals surface area contributed by atoms with Crippen molar-refractivity contribution in [2.24, 2.45) is 11.7 Å². The minimum Gasteiger partial charge on any atom is -0.342 e. The molecule has 2 atom stereocenters. The van der Waals surface area contributed by atoms with Crippen molar-refractivity contribution in [3.8, 4) is 0 Å². The minimum atomic E-state index is 0.135. The van der Waals surface area contributed by atoms with Crippen molar-refractivity contribution in [1.82, 2.24) is 15.0 Å². The van der Waals surface area contributed by atoms with E-state index in [4.69, 9.17) is 10.3 Å². The number of carbonyl (C=O) groups excluding carboxylic acids is 1. The molecule has 1 aliphatic carbocycles. The number of carbonyl (C=O) groups is 1. The molecule has 1 aromatic rings. The first-order chi connectivity index (χ1) is 10.1. The Kier molecular flexibility index (Phi) is 4.24. The zero-order valence-electron chi connectivity index (χ0n) is 12.6. The van der Waals surface area contributed by atoms with Crippen molar-refractivity contribution >= 4 is 5.91 Å². The zero-order valence-corrected chi connectivity index (χ0v) is 12.6. The van der Waals surface area contributed by atoms with Gasteiger partial charge in [0.1, 0.15) is 0 Å². The van der Waals surface area contributed by atoms with Crippen LogP contribution in [0.3, 0.4) is 0 Å². The molecule has 6 heteroatoms.